The lowest BCUT2D eigenvalue weighted by molar-refractivity contribution is -0.911. The predicted molar refractivity (Wildman–Crippen MR) is 97.5 cm³/mol. The second kappa shape index (κ2) is 6.56. The van der Waals surface area contributed by atoms with Gasteiger partial charge in [-0.05, 0) is 31.2 Å². The highest BCUT2D eigenvalue weighted by molar-refractivity contribution is 7.99. The molecule has 0 aromatic heterocycles. The van der Waals surface area contributed by atoms with Crippen LogP contribution in [0.25, 0.3) is 0 Å². The quantitative estimate of drug-likeness (QED) is 0.842. The Labute approximate surface area is 151 Å². The smallest absolute Gasteiger partial charge is 0.104 e. The summed E-state index contributed by atoms with van der Waals surface area (Å²) in [4.78, 5) is 4.05. The maximum absolute atomic E-state index is 9.57. The molecule has 0 amide bonds. The van der Waals surface area contributed by atoms with Gasteiger partial charge in [-0.3, -0.25) is 0 Å². The molecule has 2 aromatic rings. The zero-order valence-electron chi connectivity index (χ0n) is 19.1. The second-order valence-corrected chi connectivity index (χ2v) is 6.90. The molecule has 1 N–H and O–H groups in total. The van der Waals surface area contributed by atoms with Gasteiger partial charge in [-0.1, -0.05) is 36.0 Å². The molecule has 4 heteroatoms. The molecule has 3 rings (SSSR count). The summed E-state index contributed by atoms with van der Waals surface area (Å²) in [5.41, 5.74) is 1.84. The molecule has 0 aliphatic carbocycles. The summed E-state index contributed by atoms with van der Waals surface area (Å²) >= 11 is 1.63. The van der Waals surface area contributed by atoms with Crippen molar-refractivity contribution >= 4 is 23.1 Å². The number of aliphatic hydroxyl groups is 1. The fraction of sp³-hybridized carbons (Fsp3) is 0.368. The third-order valence-corrected chi connectivity index (χ3v) is 5.31. The summed E-state index contributed by atoms with van der Waals surface area (Å²) < 4.78 is 47.1. The minimum atomic E-state index is -2.81. The molecule has 1 atom stereocenters. The van der Waals surface area contributed by atoms with E-state index in [1.807, 2.05) is 53.4 Å². The van der Waals surface area contributed by atoms with Crippen LogP contribution in [0, 0.1) is 0 Å². The van der Waals surface area contributed by atoms with Crippen molar-refractivity contribution < 1.29 is 17.8 Å². The van der Waals surface area contributed by atoms with Gasteiger partial charge in [-0.25, -0.2) is 0 Å². The third-order valence-electron chi connectivity index (χ3n) is 4.18. The highest BCUT2D eigenvalue weighted by atomic mass is 32.2. The number of nitrogens with zero attached hydrogens (tertiary/aromatic N) is 2. The highest BCUT2D eigenvalue weighted by Gasteiger charge is 2.30. The Hall–Kier alpha value is -1.49. The van der Waals surface area contributed by atoms with E-state index in [2.05, 4.69) is 0 Å². The molecule has 0 saturated carbocycles. The monoisotopic (exact) mass is 335 g/mol. The topological polar surface area (TPSA) is 23.5 Å². The van der Waals surface area contributed by atoms with Crippen molar-refractivity contribution in [1.82, 2.24) is 0 Å². The van der Waals surface area contributed by atoms with Gasteiger partial charge < -0.3 is 14.5 Å². The minimum Gasteiger partial charge on any atom is -0.391 e. The van der Waals surface area contributed by atoms with Crippen LogP contribution in [0.4, 0.5) is 11.4 Å². The number of likely N-dealkylation sites (N-methyl/N-ethyl adjacent to an activating group) is 1. The molecule has 0 bridgehead atoms. The van der Waals surface area contributed by atoms with Crippen LogP contribution in [0.2, 0.25) is 0 Å². The number of hydrogen-bond donors (Lipinski definition) is 1. The van der Waals surface area contributed by atoms with Crippen molar-refractivity contribution in [1.29, 1.82) is 0 Å². The van der Waals surface area contributed by atoms with E-state index in [4.69, 9.17) is 8.22 Å². The van der Waals surface area contributed by atoms with Gasteiger partial charge >= 0.3 is 0 Å². The molecule has 23 heavy (non-hydrogen) atoms. The third kappa shape index (κ3) is 3.25. The molecule has 0 radical (unpaired) electrons. The summed E-state index contributed by atoms with van der Waals surface area (Å²) in [6.07, 6.45) is 0. The Morgan fingerprint density at radius 1 is 1.09 bits per heavy atom. The lowest BCUT2D eigenvalue weighted by Gasteiger charge is -2.40. The van der Waals surface area contributed by atoms with Crippen LogP contribution < -0.4 is 4.90 Å². The molecule has 2 aromatic carbocycles. The molecule has 1 aliphatic heterocycles. The number of aliphatic hydroxyl groups excluding tert-OH is 1. The Morgan fingerprint density at radius 3 is 2.17 bits per heavy atom. The molecular formula is C19H25N2OS+. The fourth-order valence-electron chi connectivity index (χ4n) is 2.76. The van der Waals surface area contributed by atoms with E-state index in [0.717, 1.165) is 21.2 Å². The van der Waals surface area contributed by atoms with E-state index in [0.29, 0.717) is 0 Å². The molecular weight excluding hydrogens is 304 g/mol. The molecule has 1 heterocycles. The van der Waals surface area contributed by atoms with Crippen molar-refractivity contribution in [3.8, 4) is 0 Å². The zero-order chi connectivity index (χ0) is 21.4. The van der Waals surface area contributed by atoms with Crippen LogP contribution in [-0.4, -0.2) is 49.3 Å². The van der Waals surface area contributed by atoms with E-state index < -0.39 is 31.1 Å². The minimum absolute atomic E-state index is 0.186. The van der Waals surface area contributed by atoms with Crippen LogP contribution in [0.1, 0.15) is 15.1 Å². The normalized spacial score (nSPS) is 20.0. The van der Waals surface area contributed by atoms with Gasteiger partial charge in [-0.2, -0.15) is 0 Å². The van der Waals surface area contributed by atoms with E-state index >= 15 is 0 Å². The number of rotatable bonds is 5. The van der Waals surface area contributed by atoms with E-state index in [1.54, 1.807) is 18.7 Å². The van der Waals surface area contributed by atoms with Crippen molar-refractivity contribution in [2.45, 2.75) is 22.8 Å². The number of para-hydroxylation sites is 2. The SMILES string of the molecule is [2H]C([2H])([2H])[N+](CCO)(C(C)CN1c2ccccc2Sc2ccccc21)C([2H])([2H])[2H]. The average Bonchev–Trinajstić information content (AvgIpc) is 2.63. The van der Waals surface area contributed by atoms with E-state index in [1.165, 1.54) is 0 Å². The molecule has 3 nitrogen and oxygen atoms in total. The summed E-state index contributed by atoms with van der Waals surface area (Å²) in [6.45, 7) is -4.69. The molecule has 0 spiro atoms. The van der Waals surface area contributed by atoms with Gasteiger partial charge in [0.05, 0.1) is 46.7 Å². The number of quaternary nitrogens is 1. The lowest BCUT2D eigenvalue weighted by Crippen LogP contribution is -2.53. The number of anilines is 2. The molecule has 1 aliphatic rings. The first-order valence-electron chi connectivity index (χ1n) is 10.6. The largest absolute Gasteiger partial charge is 0.391 e. The maximum Gasteiger partial charge on any atom is 0.104 e. The molecule has 122 valence electrons. The van der Waals surface area contributed by atoms with Crippen LogP contribution in [0.15, 0.2) is 58.3 Å². The van der Waals surface area contributed by atoms with Crippen LogP contribution in [0.3, 0.4) is 0 Å². The zero-order valence-corrected chi connectivity index (χ0v) is 13.9. The maximum atomic E-state index is 9.57. The Balaban J connectivity index is 2.08. The van der Waals surface area contributed by atoms with Gasteiger partial charge in [0.25, 0.3) is 0 Å². The first kappa shape index (κ1) is 10.4. The first-order valence-corrected chi connectivity index (χ1v) is 8.47. The van der Waals surface area contributed by atoms with Gasteiger partial charge in [0.15, 0.2) is 0 Å². The summed E-state index contributed by atoms with van der Waals surface area (Å²) in [6, 6.07) is 14.8. The molecule has 0 fully saturated rings. The van der Waals surface area contributed by atoms with Crippen molar-refractivity contribution in [3.05, 3.63) is 48.5 Å². The van der Waals surface area contributed by atoms with Gasteiger partial charge in [0.1, 0.15) is 12.6 Å². The van der Waals surface area contributed by atoms with Gasteiger partial charge in [0.2, 0.25) is 0 Å². The Kier molecular flexibility index (Phi) is 2.96. The standard InChI is InChI=1S/C19H25N2OS/c1-15(21(2,3)12-13-22)14-20-16-8-4-6-10-18(16)23-19-11-7-5-9-17(19)20/h4-11,15,22H,12-14H2,1-3H3/q+1/i2D3,3D3. The van der Waals surface area contributed by atoms with Crippen molar-refractivity contribution in [3.63, 3.8) is 0 Å². The molecule has 0 saturated heterocycles. The number of fused-ring (bicyclic) bond motifs is 2. The van der Waals surface area contributed by atoms with Crippen LogP contribution >= 0.6 is 11.8 Å². The lowest BCUT2D eigenvalue weighted by atomic mass is 10.1. The van der Waals surface area contributed by atoms with Crippen LogP contribution in [0.5, 0.6) is 0 Å². The predicted octanol–water partition coefficient (Wildman–Crippen LogP) is 3.75. The summed E-state index contributed by atoms with van der Waals surface area (Å²) in [5, 5.41) is 9.57. The van der Waals surface area contributed by atoms with Crippen molar-refractivity contribution in [2.24, 2.45) is 0 Å². The Bertz CT molecular complexity index is 811. The van der Waals surface area contributed by atoms with Crippen LogP contribution in [-0.2, 0) is 0 Å². The second-order valence-electron chi connectivity index (χ2n) is 5.81. The fourth-order valence-corrected chi connectivity index (χ4v) is 3.86. The number of benzene rings is 2. The van der Waals surface area contributed by atoms with Gasteiger partial charge in [0, 0.05) is 9.79 Å². The van der Waals surface area contributed by atoms with E-state index in [-0.39, 0.29) is 13.1 Å². The summed E-state index contributed by atoms with van der Waals surface area (Å²) in [7, 11) is 0. The average molecular weight is 336 g/mol. The molecule has 1 unspecified atom stereocenters. The number of hydrogen-bond acceptors (Lipinski definition) is 3. The highest BCUT2D eigenvalue weighted by Crippen LogP contribution is 2.47. The van der Waals surface area contributed by atoms with E-state index in [9.17, 15) is 5.11 Å². The van der Waals surface area contributed by atoms with Gasteiger partial charge in [-0.15, -0.1) is 0 Å². The first-order chi connectivity index (χ1) is 13.5. The van der Waals surface area contributed by atoms with Crippen molar-refractivity contribution in [2.75, 3.05) is 38.5 Å². The summed E-state index contributed by atoms with van der Waals surface area (Å²) in [5.74, 6) is 0. The Morgan fingerprint density at radius 2 is 1.65 bits per heavy atom.